The Hall–Kier alpha value is -3.49. The molecule has 8 nitrogen and oxygen atoms in total. The number of aromatic nitrogens is 4. The maximum Gasteiger partial charge on any atom is 0.247 e. The molecule has 29 heavy (non-hydrogen) atoms. The van der Waals surface area contributed by atoms with E-state index in [0.717, 1.165) is 34.3 Å². The lowest BCUT2D eigenvalue weighted by Crippen LogP contribution is -2.36. The zero-order chi connectivity index (χ0) is 19.8. The van der Waals surface area contributed by atoms with Crippen LogP contribution in [0.3, 0.4) is 0 Å². The van der Waals surface area contributed by atoms with Crippen molar-refractivity contribution in [2.24, 2.45) is 0 Å². The second-order valence-electron chi connectivity index (χ2n) is 6.85. The molecule has 1 amide bonds. The number of imidazole rings is 1. The Morgan fingerprint density at radius 3 is 3.03 bits per heavy atom. The van der Waals surface area contributed by atoms with E-state index in [4.69, 9.17) is 9.72 Å². The third kappa shape index (κ3) is 3.08. The SMILES string of the molecule is C=CC(=O)Nc1ccc2[nH]nc(-c3nc4ccccc4n3C3CNCCO3)c2c1. The van der Waals surface area contributed by atoms with Crippen LogP contribution in [0.25, 0.3) is 33.5 Å². The molecule has 3 heterocycles. The minimum atomic E-state index is -0.261. The first-order chi connectivity index (χ1) is 14.2. The van der Waals surface area contributed by atoms with Crippen LogP contribution in [-0.2, 0) is 9.53 Å². The van der Waals surface area contributed by atoms with E-state index in [1.807, 2.05) is 42.5 Å². The number of hydrogen-bond donors (Lipinski definition) is 3. The van der Waals surface area contributed by atoms with Crippen molar-refractivity contribution in [1.82, 2.24) is 25.1 Å². The van der Waals surface area contributed by atoms with Crippen LogP contribution in [0.5, 0.6) is 0 Å². The fourth-order valence-corrected chi connectivity index (χ4v) is 3.68. The van der Waals surface area contributed by atoms with Gasteiger partial charge in [-0.2, -0.15) is 5.10 Å². The van der Waals surface area contributed by atoms with Crippen molar-refractivity contribution in [3.05, 3.63) is 55.1 Å². The number of fused-ring (bicyclic) bond motifs is 2. The minimum Gasteiger partial charge on any atom is -0.355 e. The maximum atomic E-state index is 11.7. The molecule has 1 fully saturated rings. The van der Waals surface area contributed by atoms with E-state index in [9.17, 15) is 4.79 Å². The van der Waals surface area contributed by atoms with E-state index in [-0.39, 0.29) is 12.1 Å². The Labute approximate surface area is 166 Å². The number of nitrogens with one attached hydrogen (secondary N) is 3. The van der Waals surface area contributed by atoms with Gasteiger partial charge in [0.25, 0.3) is 0 Å². The van der Waals surface area contributed by atoms with E-state index in [2.05, 4.69) is 32.0 Å². The highest BCUT2D eigenvalue weighted by molar-refractivity contribution is 6.02. The van der Waals surface area contributed by atoms with Crippen molar-refractivity contribution in [2.45, 2.75) is 6.23 Å². The maximum absolute atomic E-state index is 11.7. The average Bonchev–Trinajstić information content (AvgIpc) is 3.35. The zero-order valence-electron chi connectivity index (χ0n) is 15.7. The third-order valence-corrected chi connectivity index (χ3v) is 5.02. The summed E-state index contributed by atoms with van der Waals surface area (Å²) in [6, 6.07) is 13.6. The van der Waals surface area contributed by atoms with Crippen molar-refractivity contribution in [2.75, 3.05) is 25.0 Å². The summed E-state index contributed by atoms with van der Waals surface area (Å²) >= 11 is 0. The minimum absolute atomic E-state index is 0.179. The molecule has 8 heteroatoms. The summed E-state index contributed by atoms with van der Waals surface area (Å²) in [7, 11) is 0. The highest BCUT2D eigenvalue weighted by Crippen LogP contribution is 2.33. The number of ether oxygens (including phenoxy) is 1. The van der Waals surface area contributed by atoms with Gasteiger partial charge in [-0.05, 0) is 36.4 Å². The van der Waals surface area contributed by atoms with Gasteiger partial charge in [-0.15, -0.1) is 0 Å². The second-order valence-corrected chi connectivity index (χ2v) is 6.85. The standard InChI is InChI=1S/C21H20N6O2/c1-2-18(28)23-13-7-8-15-14(11-13)20(26-25-15)21-24-16-5-3-4-6-17(16)27(21)19-12-22-9-10-29-19/h2-8,11,19,22H,1,9-10,12H2,(H,23,28)(H,25,26). The van der Waals surface area contributed by atoms with E-state index >= 15 is 0 Å². The molecule has 0 spiro atoms. The molecule has 1 saturated heterocycles. The summed E-state index contributed by atoms with van der Waals surface area (Å²) in [5.41, 5.74) is 4.11. The molecular formula is C21H20N6O2. The fourth-order valence-electron chi connectivity index (χ4n) is 3.68. The van der Waals surface area contributed by atoms with Crippen LogP contribution >= 0.6 is 0 Å². The van der Waals surface area contributed by atoms with Crippen LogP contribution in [-0.4, -0.2) is 45.4 Å². The van der Waals surface area contributed by atoms with Crippen molar-refractivity contribution in [3.63, 3.8) is 0 Å². The van der Waals surface area contributed by atoms with Crippen LogP contribution in [0.2, 0.25) is 0 Å². The number of amides is 1. The second kappa shape index (κ2) is 7.16. The van der Waals surface area contributed by atoms with Gasteiger partial charge < -0.3 is 15.4 Å². The predicted molar refractivity (Wildman–Crippen MR) is 112 cm³/mol. The number of aromatic amines is 1. The number of benzene rings is 2. The molecule has 0 bridgehead atoms. The number of para-hydroxylation sites is 2. The van der Waals surface area contributed by atoms with Crippen LogP contribution in [0.4, 0.5) is 5.69 Å². The van der Waals surface area contributed by atoms with Gasteiger partial charge in [0.15, 0.2) is 5.82 Å². The van der Waals surface area contributed by atoms with Crippen molar-refractivity contribution < 1.29 is 9.53 Å². The molecule has 1 aliphatic rings. The summed E-state index contributed by atoms with van der Waals surface area (Å²) in [5.74, 6) is 0.460. The molecule has 2 aromatic heterocycles. The lowest BCUT2D eigenvalue weighted by molar-refractivity contribution is -0.111. The van der Waals surface area contributed by atoms with Crippen LogP contribution < -0.4 is 10.6 Å². The first-order valence-electron chi connectivity index (χ1n) is 9.46. The number of carbonyl (C=O) groups is 1. The summed E-state index contributed by atoms with van der Waals surface area (Å²) in [4.78, 5) is 16.6. The van der Waals surface area contributed by atoms with Crippen LogP contribution in [0, 0.1) is 0 Å². The Morgan fingerprint density at radius 1 is 1.31 bits per heavy atom. The number of nitrogens with zero attached hydrogens (tertiary/aromatic N) is 3. The van der Waals surface area contributed by atoms with Crippen molar-refractivity contribution in [3.8, 4) is 11.5 Å². The Bertz CT molecular complexity index is 1220. The molecule has 1 aliphatic heterocycles. The number of morpholine rings is 1. The van der Waals surface area contributed by atoms with Gasteiger partial charge in [0.05, 0.1) is 23.2 Å². The van der Waals surface area contributed by atoms with E-state index in [1.165, 1.54) is 6.08 Å². The van der Waals surface area contributed by atoms with Gasteiger partial charge >= 0.3 is 0 Å². The van der Waals surface area contributed by atoms with Crippen molar-refractivity contribution >= 4 is 33.5 Å². The van der Waals surface area contributed by atoms with Crippen LogP contribution in [0.15, 0.2) is 55.1 Å². The lowest BCUT2D eigenvalue weighted by Gasteiger charge is -2.26. The molecule has 0 aliphatic carbocycles. The molecular weight excluding hydrogens is 368 g/mol. The lowest BCUT2D eigenvalue weighted by atomic mass is 10.1. The molecule has 146 valence electrons. The number of carbonyl (C=O) groups excluding carboxylic acids is 1. The van der Waals surface area contributed by atoms with E-state index in [0.29, 0.717) is 24.5 Å². The first kappa shape index (κ1) is 17.6. The number of hydrogen-bond acceptors (Lipinski definition) is 5. The molecule has 4 aromatic rings. The van der Waals surface area contributed by atoms with Gasteiger partial charge in [0, 0.05) is 24.2 Å². The number of H-pyrrole nitrogens is 1. The Kier molecular flexibility index (Phi) is 4.34. The average molecular weight is 388 g/mol. The molecule has 1 unspecified atom stereocenters. The molecule has 1 atom stereocenters. The fraction of sp³-hybridized carbons (Fsp3) is 0.190. The number of anilines is 1. The number of rotatable bonds is 4. The quantitative estimate of drug-likeness (QED) is 0.467. The van der Waals surface area contributed by atoms with Gasteiger partial charge in [-0.25, -0.2) is 4.98 Å². The first-order valence-corrected chi connectivity index (χ1v) is 9.46. The van der Waals surface area contributed by atoms with Crippen molar-refractivity contribution in [1.29, 1.82) is 0 Å². The zero-order valence-corrected chi connectivity index (χ0v) is 15.7. The highest BCUT2D eigenvalue weighted by Gasteiger charge is 2.25. The van der Waals surface area contributed by atoms with E-state index in [1.54, 1.807) is 0 Å². The van der Waals surface area contributed by atoms with Gasteiger partial charge in [0.1, 0.15) is 11.9 Å². The third-order valence-electron chi connectivity index (χ3n) is 5.02. The highest BCUT2D eigenvalue weighted by atomic mass is 16.5. The van der Waals surface area contributed by atoms with Crippen LogP contribution in [0.1, 0.15) is 6.23 Å². The molecule has 0 radical (unpaired) electrons. The topological polar surface area (TPSA) is 96.9 Å². The molecule has 3 N–H and O–H groups in total. The monoisotopic (exact) mass is 388 g/mol. The summed E-state index contributed by atoms with van der Waals surface area (Å²) in [5, 5.41) is 14.6. The largest absolute Gasteiger partial charge is 0.355 e. The normalized spacial score (nSPS) is 16.9. The molecule has 2 aromatic carbocycles. The summed E-state index contributed by atoms with van der Waals surface area (Å²) in [6.07, 6.45) is 1.06. The smallest absolute Gasteiger partial charge is 0.247 e. The molecule has 5 rings (SSSR count). The predicted octanol–water partition coefficient (Wildman–Crippen LogP) is 2.82. The van der Waals surface area contributed by atoms with Gasteiger partial charge in [0.2, 0.25) is 5.91 Å². The summed E-state index contributed by atoms with van der Waals surface area (Å²) < 4.78 is 8.12. The molecule has 0 saturated carbocycles. The van der Waals surface area contributed by atoms with E-state index < -0.39 is 0 Å². The Morgan fingerprint density at radius 2 is 2.21 bits per heavy atom. The van der Waals surface area contributed by atoms with Gasteiger partial charge in [-0.1, -0.05) is 18.7 Å². The summed E-state index contributed by atoms with van der Waals surface area (Å²) in [6.45, 7) is 5.65. The Balaban J connectivity index is 1.69. The van der Waals surface area contributed by atoms with Gasteiger partial charge in [-0.3, -0.25) is 14.5 Å².